The summed E-state index contributed by atoms with van der Waals surface area (Å²) in [5, 5.41) is 0.829. The molecule has 7 heteroatoms. The van der Waals surface area contributed by atoms with Crippen LogP contribution in [0.4, 0.5) is 5.13 Å². The van der Waals surface area contributed by atoms with Crippen LogP contribution in [0.2, 0.25) is 0 Å². The number of rotatable bonds is 10. The van der Waals surface area contributed by atoms with Crippen molar-refractivity contribution in [1.82, 2.24) is 9.88 Å². The molecule has 0 N–H and O–H groups in total. The Kier molecular flexibility index (Phi) is 10.3. The highest BCUT2D eigenvalue weighted by atomic mass is 35.5. The molecule has 3 aromatic rings. The van der Waals surface area contributed by atoms with Crippen LogP contribution in [0.25, 0.3) is 10.2 Å². The zero-order valence-corrected chi connectivity index (χ0v) is 21.2. The lowest BCUT2D eigenvalue weighted by atomic mass is 10.1. The summed E-state index contributed by atoms with van der Waals surface area (Å²) in [6.07, 6.45) is 2.39. The van der Waals surface area contributed by atoms with E-state index in [0.29, 0.717) is 13.0 Å². The molecule has 4 nitrogen and oxygen atoms in total. The van der Waals surface area contributed by atoms with Crippen LogP contribution in [-0.4, -0.2) is 48.7 Å². The standard InChI is InChI=1S/C24H31N3OS2.ClH/c1-5-19-8-6-9-21-23(19)25-24(30-21)27(16-7-15-26(3)4)22(28)14-17-29-20-12-10-18(2)11-13-20;/h6,8-13H,5,7,14-17H2,1-4H3;1H. The Morgan fingerprint density at radius 3 is 2.52 bits per heavy atom. The number of anilines is 1. The smallest absolute Gasteiger partial charge is 0.229 e. The number of carbonyl (C=O) groups excluding carboxylic acids is 1. The Morgan fingerprint density at radius 1 is 1.10 bits per heavy atom. The minimum absolute atomic E-state index is 0. The van der Waals surface area contributed by atoms with Crippen molar-refractivity contribution >= 4 is 56.8 Å². The van der Waals surface area contributed by atoms with E-state index in [1.165, 1.54) is 16.0 Å². The maximum Gasteiger partial charge on any atom is 0.229 e. The molecule has 0 aliphatic carbocycles. The Morgan fingerprint density at radius 2 is 1.84 bits per heavy atom. The lowest BCUT2D eigenvalue weighted by molar-refractivity contribution is -0.118. The van der Waals surface area contributed by atoms with Crippen molar-refractivity contribution in [2.45, 2.75) is 38.0 Å². The van der Waals surface area contributed by atoms with Crippen molar-refractivity contribution in [3.05, 3.63) is 53.6 Å². The van der Waals surface area contributed by atoms with Crippen LogP contribution in [0.1, 0.15) is 30.9 Å². The maximum absolute atomic E-state index is 13.2. The van der Waals surface area contributed by atoms with Gasteiger partial charge in [-0.15, -0.1) is 24.2 Å². The fourth-order valence-corrected chi connectivity index (χ4v) is 5.19. The second kappa shape index (κ2) is 12.4. The minimum atomic E-state index is 0. The first kappa shape index (κ1) is 25.7. The van der Waals surface area contributed by atoms with Crippen LogP contribution in [-0.2, 0) is 11.2 Å². The van der Waals surface area contributed by atoms with E-state index in [9.17, 15) is 4.79 Å². The third-order valence-electron chi connectivity index (χ3n) is 5.00. The summed E-state index contributed by atoms with van der Waals surface area (Å²) in [6.45, 7) is 5.89. The second-order valence-corrected chi connectivity index (χ2v) is 9.91. The van der Waals surface area contributed by atoms with Gasteiger partial charge in [0.15, 0.2) is 5.13 Å². The summed E-state index contributed by atoms with van der Waals surface area (Å²) >= 11 is 3.36. The molecule has 0 saturated heterocycles. The molecule has 0 saturated carbocycles. The van der Waals surface area contributed by atoms with Crippen molar-refractivity contribution in [3.8, 4) is 0 Å². The number of aryl methyl sites for hydroxylation is 2. The van der Waals surface area contributed by atoms with Crippen LogP contribution in [0.5, 0.6) is 0 Å². The van der Waals surface area contributed by atoms with Crippen molar-refractivity contribution in [2.24, 2.45) is 0 Å². The number of hydrogen-bond donors (Lipinski definition) is 0. The average molecular weight is 478 g/mol. The van der Waals surface area contributed by atoms with Crippen LogP contribution in [0, 0.1) is 6.92 Å². The molecular weight excluding hydrogens is 446 g/mol. The number of benzene rings is 2. The molecule has 31 heavy (non-hydrogen) atoms. The van der Waals surface area contributed by atoms with Gasteiger partial charge in [-0.25, -0.2) is 4.98 Å². The monoisotopic (exact) mass is 477 g/mol. The number of fused-ring (bicyclic) bond motifs is 1. The van der Waals surface area contributed by atoms with E-state index in [2.05, 4.69) is 75.3 Å². The summed E-state index contributed by atoms with van der Waals surface area (Å²) < 4.78 is 1.16. The maximum atomic E-state index is 13.2. The zero-order valence-electron chi connectivity index (χ0n) is 18.8. The summed E-state index contributed by atoms with van der Waals surface area (Å²) in [5.41, 5.74) is 3.54. The molecule has 0 atom stereocenters. The number of carbonyl (C=O) groups is 1. The largest absolute Gasteiger partial charge is 0.309 e. The van der Waals surface area contributed by atoms with E-state index in [1.807, 2.05) is 4.90 Å². The number of amides is 1. The van der Waals surface area contributed by atoms with Gasteiger partial charge in [0.25, 0.3) is 0 Å². The Balaban J connectivity index is 0.00000341. The number of thioether (sulfide) groups is 1. The predicted molar refractivity (Wildman–Crippen MR) is 138 cm³/mol. The quantitative estimate of drug-likeness (QED) is 0.333. The molecule has 3 rings (SSSR count). The second-order valence-electron chi connectivity index (χ2n) is 7.73. The number of aromatic nitrogens is 1. The molecule has 0 aliphatic rings. The highest BCUT2D eigenvalue weighted by Crippen LogP contribution is 2.32. The molecule has 0 bridgehead atoms. The van der Waals surface area contributed by atoms with Crippen molar-refractivity contribution in [1.29, 1.82) is 0 Å². The van der Waals surface area contributed by atoms with E-state index < -0.39 is 0 Å². The predicted octanol–water partition coefficient (Wildman–Crippen LogP) is 6.06. The SMILES string of the molecule is CCc1cccc2sc(N(CCCN(C)C)C(=O)CCSc3ccc(C)cc3)nc12.Cl. The van der Waals surface area contributed by atoms with Crippen molar-refractivity contribution in [3.63, 3.8) is 0 Å². The van der Waals surface area contributed by atoms with Gasteiger partial charge in [0.1, 0.15) is 0 Å². The van der Waals surface area contributed by atoms with Gasteiger partial charge < -0.3 is 4.90 Å². The van der Waals surface area contributed by atoms with Gasteiger partial charge in [0, 0.05) is 23.6 Å². The van der Waals surface area contributed by atoms with E-state index >= 15 is 0 Å². The topological polar surface area (TPSA) is 36.4 Å². The normalized spacial score (nSPS) is 11.0. The van der Waals surface area contributed by atoms with E-state index in [4.69, 9.17) is 4.98 Å². The van der Waals surface area contributed by atoms with Gasteiger partial charge in [-0.3, -0.25) is 9.69 Å². The van der Waals surface area contributed by atoms with Crippen LogP contribution in [0.3, 0.4) is 0 Å². The van der Waals surface area contributed by atoms with Crippen LogP contribution < -0.4 is 4.90 Å². The molecule has 0 radical (unpaired) electrons. The first-order chi connectivity index (χ1) is 14.5. The molecule has 0 spiro atoms. The summed E-state index contributed by atoms with van der Waals surface area (Å²) in [4.78, 5) is 23.3. The van der Waals surface area contributed by atoms with Gasteiger partial charge >= 0.3 is 0 Å². The third kappa shape index (κ3) is 7.21. The average Bonchev–Trinajstić information content (AvgIpc) is 3.16. The molecule has 168 valence electrons. The van der Waals surface area contributed by atoms with Crippen LogP contribution >= 0.6 is 35.5 Å². The number of para-hydroxylation sites is 1. The van der Waals surface area contributed by atoms with Crippen LogP contribution in [0.15, 0.2) is 47.4 Å². The minimum Gasteiger partial charge on any atom is -0.309 e. The van der Waals surface area contributed by atoms with E-state index in [1.54, 1.807) is 23.1 Å². The molecule has 0 aliphatic heterocycles. The Labute approximate surface area is 200 Å². The lowest BCUT2D eigenvalue weighted by Crippen LogP contribution is -2.33. The third-order valence-corrected chi connectivity index (χ3v) is 7.05. The number of halogens is 1. The first-order valence-electron chi connectivity index (χ1n) is 10.5. The number of hydrogen-bond acceptors (Lipinski definition) is 5. The molecule has 0 unspecified atom stereocenters. The Bertz CT molecular complexity index is 973. The summed E-state index contributed by atoms with van der Waals surface area (Å²) in [6, 6.07) is 14.8. The molecule has 1 amide bonds. The highest BCUT2D eigenvalue weighted by Gasteiger charge is 2.20. The molecule has 0 fully saturated rings. The molecule has 1 aromatic heterocycles. The lowest BCUT2D eigenvalue weighted by Gasteiger charge is -2.21. The fourth-order valence-electron chi connectivity index (χ4n) is 3.29. The molecule has 2 aromatic carbocycles. The molecule has 1 heterocycles. The van der Waals surface area contributed by atoms with Crippen molar-refractivity contribution < 1.29 is 4.79 Å². The van der Waals surface area contributed by atoms with Gasteiger partial charge in [0.2, 0.25) is 5.91 Å². The zero-order chi connectivity index (χ0) is 21.5. The van der Waals surface area contributed by atoms with Gasteiger partial charge in [-0.05, 0) is 64.2 Å². The van der Waals surface area contributed by atoms with Gasteiger partial charge in [0.05, 0.1) is 10.2 Å². The number of thiazole rings is 1. The summed E-state index contributed by atoms with van der Waals surface area (Å²) in [5.74, 6) is 0.933. The fraction of sp³-hybridized carbons (Fsp3) is 0.417. The van der Waals surface area contributed by atoms with E-state index in [-0.39, 0.29) is 18.3 Å². The Hall–Kier alpha value is -1.60. The molecular formula is C24H32ClN3OS2. The van der Waals surface area contributed by atoms with Gasteiger partial charge in [-0.1, -0.05) is 48.1 Å². The van der Waals surface area contributed by atoms with Crippen molar-refractivity contribution in [2.75, 3.05) is 37.8 Å². The van der Waals surface area contributed by atoms with Gasteiger partial charge in [-0.2, -0.15) is 0 Å². The highest BCUT2D eigenvalue weighted by molar-refractivity contribution is 7.99. The number of nitrogens with zero attached hydrogens (tertiary/aromatic N) is 3. The summed E-state index contributed by atoms with van der Waals surface area (Å²) in [7, 11) is 4.13. The van der Waals surface area contributed by atoms with E-state index in [0.717, 1.165) is 40.5 Å². The first-order valence-corrected chi connectivity index (χ1v) is 12.3.